The summed E-state index contributed by atoms with van der Waals surface area (Å²) in [5.74, 6) is -4.54. The first-order valence-electron chi connectivity index (χ1n) is 10.6. The maximum Gasteiger partial charge on any atom is 0.326 e. The average Bonchev–Trinajstić information content (AvgIpc) is 2.71. The lowest BCUT2D eigenvalue weighted by atomic mass is 10.0. The number of thiol groups is 1. The van der Waals surface area contributed by atoms with Gasteiger partial charge in [0.2, 0.25) is 23.6 Å². The number of guanidine groups is 1. The molecule has 0 radical (unpaired) electrons. The minimum atomic E-state index is -1.27. The van der Waals surface area contributed by atoms with Gasteiger partial charge in [-0.3, -0.25) is 24.2 Å². The molecular weight excluding hydrogens is 468 g/mol. The van der Waals surface area contributed by atoms with Crippen molar-refractivity contribution in [2.45, 2.75) is 63.7 Å². The minimum absolute atomic E-state index is 0.0201. The molecule has 4 amide bonds. The van der Waals surface area contributed by atoms with Gasteiger partial charge < -0.3 is 44.0 Å². The first kappa shape index (κ1) is 30.9. The highest BCUT2D eigenvalue weighted by atomic mass is 32.1. The van der Waals surface area contributed by atoms with E-state index in [1.165, 1.54) is 0 Å². The Balaban J connectivity index is 5.20. The van der Waals surface area contributed by atoms with Crippen LogP contribution in [0.4, 0.5) is 0 Å². The largest absolute Gasteiger partial charge is 0.480 e. The molecule has 0 aliphatic carbocycles. The topological polar surface area (TPSA) is 258 Å². The lowest BCUT2D eigenvalue weighted by molar-refractivity contribution is -0.142. The van der Waals surface area contributed by atoms with Gasteiger partial charge in [-0.25, -0.2) is 4.79 Å². The van der Waals surface area contributed by atoms with E-state index in [4.69, 9.17) is 22.9 Å². The third-order valence-electron chi connectivity index (χ3n) is 4.47. The summed E-state index contributed by atoms with van der Waals surface area (Å²) in [4.78, 5) is 63.9. The summed E-state index contributed by atoms with van der Waals surface area (Å²) in [5, 5.41) is 16.6. The number of carbonyl (C=O) groups excluding carboxylic acids is 4. The zero-order chi connectivity index (χ0) is 26.4. The highest BCUT2D eigenvalue weighted by molar-refractivity contribution is 7.80. The van der Waals surface area contributed by atoms with E-state index >= 15 is 0 Å². The molecule has 0 spiro atoms. The fourth-order valence-corrected chi connectivity index (χ4v) is 3.05. The Morgan fingerprint density at radius 3 is 1.91 bits per heavy atom. The van der Waals surface area contributed by atoms with Crippen LogP contribution in [-0.2, 0) is 24.0 Å². The Labute approximate surface area is 203 Å². The highest BCUT2D eigenvalue weighted by Crippen LogP contribution is 2.07. The van der Waals surface area contributed by atoms with Crippen LogP contribution in [0.3, 0.4) is 0 Å². The van der Waals surface area contributed by atoms with E-state index in [0.717, 1.165) is 0 Å². The quantitative estimate of drug-likeness (QED) is 0.0442. The molecule has 4 unspecified atom stereocenters. The molecule has 0 aromatic carbocycles. The number of aliphatic imine (C=N–C) groups is 1. The number of carboxylic acid groups (broad SMARTS) is 1. The number of carbonyl (C=O) groups is 5. The van der Waals surface area contributed by atoms with E-state index in [-0.39, 0.29) is 37.0 Å². The molecule has 12 N–H and O–H groups in total. The molecule has 0 saturated carbocycles. The van der Waals surface area contributed by atoms with Gasteiger partial charge in [0.15, 0.2) is 5.96 Å². The summed E-state index contributed by atoms with van der Waals surface area (Å²) in [7, 11) is 0. The number of nitrogens with two attached hydrogens (primary N) is 4. The van der Waals surface area contributed by atoms with Gasteiger partial charge in [-0.05, 0) is 25.2 Å². The standard InChI is InChI=1S/C19H36N8O6S/c1-9(2)6-12(26-15(29)10(20)7-14(21)28)16(30)27-13(8-34)17(31)25-11(18(32)33)4-3-5-24-19(22)23/h9-13,34H,3-8,20H2,1-2H3,(H2,21,28)(H,25,31)(H,26,29)(H,27,30)(H,32,33)(H4,22,23,24). The summed E-state index contributed by atoms with van der Waals surface area (Å²) in [6, 6.07) is -4.71. The fraction of sp³-hybridized carbons (Fsp3) is 0.684. The predicted molar refractivity (Wildman–Crippen MR) is 128 cm³/mol. The second-order valence-corrected chi connectivity index (χ2v) is 8.42. The smallest absolute Gasteiger partial charge is 0.326 e. The van der Waals surface area contributed by atoms with Gasteiger partial charge in [0, 0.05) is 12.3 Å². The third kappa shape index (κ3) is 12.8. The van der Waals surface area contributed by atoms with Crippen molar-refractivity contribution in [2.75, 3.05) is 12.3 Å². The van der Waals surface area contributed by atoms with Crippen LogP contribution < -0.4 is 38.9 Å². The van der Waals surface area contributed by atoms with Gasteiger partial charge in [0.05, 0.1) is 12.5 Å². The summed E-state index contributed by atoms with van der Waals surface area (Å²) < 4.78 is 0. The van der Waals surface area contributed by atoms with Crippen LogP contribution in [0.5, 0.6) is 0 Å². The number of nitrogens with zero attached hydrogens (tertiary/aromatic N) is 1. The molecule has 14 nitrogen and oxygen atoms in total. The van der Waals surface area contributed by atoms with Crippen molar-refractivity contribution < 1.29 is 29.1 Å². The molecule has 4 atom stereocenters. The number of hydrogen-bond donors (Lipinski definition) is 9. The SMILES string of the molecule is CC(C)CC(NC(=O)C(N)CC(N)=O)C(=O)NC(CS)C(=O)NC(CCCN=C(N)N)C(=O)O. The molecule has 0 aromatic rings. The molecule has 0 aliphatic rings. The van der Waals surface area contributed by atoms with Crippen LogP contribution in [0, 0.1) is 5.92 Å². The van der Waals surface area contributed by atoms with Crippen molar-refractivity contribution in [3.63, 3.8) is 0 Å². The van der Waals surface area contributed by atoms with E-state index < -0.39 is 60.2 Å². The van der Waals surface area contributed by atoms with Gasteiger partial charge in [0.25, 0.3) is 0 Å². The molecule has 15 heteroatoms. The van der Waals surface area contributed by atoms with Gasteiger partial charge >= 0.3 is 5.97 Å². The third-order valence-corrected chi connectivity index (χ3v) is 4.84. The molecule has 0 rings (SSSR count). The van der Waals surface area contributed by atoms with Gasteiger partial charge in [-0.2, -0.15) is 12.6 Å². The number of hydrogen-bond acceptors (Lipinski definition) is 8. The van der Waals surface area contributed by atoms with Crippen LogP contribution in [0.1, 0.15) is 39.5 Å². The molecule has 0 aromatic heterocycles. The van der Waals surface area contributed by atoms with Crippen molar-refractivity contribution >= 4 is 48.2 Å². The van der Waals surface area contributed by atoms with E-state index in [2.05, 4.69) is 33.6 Å². The van der Waals surface area contributed by atoms with Crippen molar-refractivity contribution in [2.24, 2.45) is 33.8 Å². The van der Waals surface area contributed by atoms with Crippen LogP contribution in [0.15, 0.2) is 4.99 Å². The minimum Gasteiger partial charge on any atom is -0.480 e. The van der Waals surface area contributed by atoms with Crippen LogP contribution in [-0.4, -0.2) is 77.1 Å². The first-order valence-corrected chi connectivity index (χ1v) is 11.3. The molecule has 194 valence electrons. The Hall–Kier alpha value is -3.07. The van der Waals surface area contributed by atoms with Gasteiger partial charge in [0.1, 0.15) is 18.1 Å². The van der Waals surface area contributed by atoms with Gasteiger partial charge in [-0.1, -0.05) is 13.8 Å². The molecule has 0 fully saturated rings. The molecule has 0 aliphatic heterocycles. The van der Waals surface area contributed by atoms with Crippen molar-refractivity contribution in [3.05, 3.63) is 0 Å². The molecular formula is C19H36N8O6S. The zero-order valence-electron chi connectivity index (χ0n) is 19.3. The number of carboxylic acids is 1. The van der Waals surface area contributed by atoms with Crippen molar-refractivity contribution in [1.82, 2.24) is 16.0 Å². The predicted octanol–water partition coefficient (Wildman–Crippen LogP) is -3.24. The Bertz CT molecular complexity index is 759. The van der Waals surface area contributed by atoms with Crippen molar-refractivity contribution in [1.29, 1.82) is 0 Å². The number of aliphatic carboxylic acids is 1. The summed E-state index contributed by atoms with van der Waals surface area (Å²) in [6.07, 6.45) is 0.156. The Morgan fingerprint density at radius 1 is 0.912 bits per heavy atom. The van der Waals surface area contributed by atoms with Crippen LogP contribution in [0.25, 0.3) is 0 Å². The maximum atomic E-state index is 12.8. The van der Waals surface area contributed by atoms with E-state index in [9.17, 15) is 29.1 Å². The van der Waals surface area contributed by atoms with Crippen molar-refractivity contribution in [3.8, 4) is 0 Å². The van der Waals surface area contributed by atoms with E-state index in [1.807, 2.05) is 13.8 Å². The molecule has 0 saturated heterocycles. The van der Waals surface area contributed by atoms with E-state index in [1.54, 1.807) is 0 Å². The normalized spacial score (nSPS) is 14.3. The zero-order valence-corrected chi connectivity index (χ0v) is 20.2. The second kappa shape index (κ2) is 15.7. The number of amides is 4. The second-order valence-electron chi connectivity index (χ2n) is 8.06. The first-order chi connectivity index (χ1) is 15.8. The number of primary amides is 1. The lowest BCUT2D eigenvalue weighted by Crippen LogP contribution is -2.58. The summed E-state index contributed by atoms with van der Waals surface area (Å²) in [6.45, 7) is 3.82. The average molecular weight is 505 g/mol. The Morgan fingerprint density at radius 2 is 1.44 bits per heavy atom. The molecule has 0 heterocycles. The fourth-order valence-electron chi connectivity index (χ4n) is 2.79. The van der Waals surface area contributed by atoms with Crippen LogP contribution >= 0.6 is 12.6 Å². The van der Waals surface area contributed by atoms with Gasteiger partial charge in [-0.15, -0.1) is 0 Å². The number of rotatable bonds is 16. The summed E-state index contributed by atoms with van der Waals surface area (Å²) >= 11 is 4.06. The summed E-state index contributed by atoms with van der Waals surface area (Å²) in [5.41, 5.74) is 21.1. The highest BCUT2D eigenvalue weighted by Gasteiger charge is 2.30. The van der Waals surface area contributed by atoms with E-state index in [0.29, 0.717) is 6.42 Å². The lowest BCUT2D eigenvalue weighted by Gasteiger charge is -2.25. The van der Waals surface area contributed by atoms with Crippen LogP contribution in [0.2, 0.25) is 0 Å². The molecule has 34 heavy (non-hydrogen) atoms. The molecule has 0 bridgehead atoms. The Kier molecular flexibility index (Phi) is 14.3. The maximum absolute atomic E-state index is 12.8. The monoisotopic (exact) mass is 504 g/mol. The number of nitrogens with one attached hydrogen (secondary N) is 3.